The highest BCUT2D eigenvalue weighted by atomic mass is 16.1. The summed E-state index contributed by atoms with van der Waals surface area (Å²) < 4.78 is 0. The highest BCUT2D eigenvalue weighted by Gasteiger charge is 2.35. The van der Waals surface area contributed by atoms with Crippen molar-refractivity contribution in [3.05, 3.63) is 82.6 Å². The number of Topliss-reactive ketones (excluding diaryl/α,β-unsaturated/α-hetero) is 2. The monoisotopic (exact) mass is 331 g/mol. The Morgan fingerprint density at radius 3 is 2.00 bits per heavy atom. The molecule has 0 spiro atoms. The average molecular weight is 331 g/mol. The maximum Gasteiger partial charge on any atom is 0.210 e. The predicted molar refractivity (Wildman–Crippen MR) is 97.7 cm³/mol. The second-order valence-corrected chi connectivity index (χ2v) is 6.74. The summed E-state index contributed by atoms with van der Waals surface area (Å²) in [7, 11) is 0. The number of carbonyl (C=O) groups excluding carboxylic acids is 2. The van der Waals surface area contributed by atoms with Gasteiger partial charge < -0.3 is 4.90 Å². The molecule has 0 amide bonds. The molecule has 4 rings (SSSR count). The number of allylic oxidation sites excluding steroid dienone is 2. The number of ketones is 2. The van der Waals surface area contributed by atoms with Gasteiger partial charge in [-0.15, -0.1) is 0 Å². The van der Waals surface area contributed by atoms with E-state index in [4.69, 9.17) is 0 Å². The molecule has 3 heteroatoms. The van der Waals surface area contributed by atoms with Crippen molar-refractivity contribution in [3.8, 4) is 0 Å². The highest BCUT2D eigenvalue weighted by molar-refractivity contribution is 6.26. The third-order valence-electron chi connectivity index (χ3n) is 5.09. The van der Waals surface area contributed by atoms with Crippen LogP contribution in [0.3, 0.4) is 0 Å². The van der Waals surface area contributed by atoms with E-state index in [0.717, 1.165) is 31.5 Å². The molecule has 1 aliphatic heterocycles. The van der Waals surface area contributed by atoms with Gasteiger partial charge in [0, 0.05) is 36.2 Å². The first-order valence-corrected chi connectivity index (χ1v) is 8.96. The molecule has 126 valence electrons. The van der Waals surface area contributed by atoms with Crippen molar-refractivity contribution in [3.63, 3.8) is 0 Å². The topological polar surface area (TPSA) is 37.4 Å². The van der Waals surface area contributed by atoms with Gasteiger partial charge >= 0.3 is 0 Å². The number of nitrogens with zero attached hydrogens (tertiary/aromatic N) is 1. The zero-order valence-electron chi connectivity index (χ0n) is 14.2. The van der Waals surface area contributed by atoms with Crippen LogP contribution < -0.4 is 0 Å². The smallest absolute Gasteiger partial charge is 0.210 e. The van der Waals surface area contributed by atoms with Crippen LogP contribution in [0.15, 0.2) is 65.9 Å². The molecule has 0 radical (unpaired) electrons. The lowest BCUT2D eigenvalue weighted by molar-refractivity contribution is 0.0932. The van der Waals surface area contributed by atoms with Crippen LogP contribution in [-0.4, -0.2) is 29.6 Å². The van der Waals surface area contributed by atoms with Crippen molar-refractivity contribution < 1.29 is 9.59 Å². The van der Waals surface area contributed by atoms with Crippen LogP contribution in [0.25, 0.3) is 0 Å². The van der Waals surface area contributed by atoms with Crippen LogP contribution in [0.2, 0.25) is 0 Å². The van der Waals surface area contributed by atoms with Crippen molar-refractivity contribution in [2.24, 2.45) is 0 Å². The average Bonchev–Trinajstić information content (AvgIpc) is 2.68. The molecule has 25 heavy (non-hydrogen) atoms. The summed E-state index contributed by atoms with van der Waals surface area (Å²) in [5, 5.41) is 0. The molecule has 0 saturated carbocycles. The third-order valence-corrected chi connectivity index (χ3v) is 5.09. The maximum absolute atomic E-state index is 13.2. The molecule has 1 heterocycles. The third kappa shape index (κ3) is 2.91. The molecule has 0 unspecified atom stereocenters. The first-order chi connectivity index (χ1) is 12.3. The summed E-state index contributed by atoms with van der Waals surface area (Å²) in [6, 6.07) is 17.1. The fraction of sp³-hybridized carbons (Fsp3) is 0.273. The van der Waals surface area contributed by atoms with Gasteiger partial charge in [0.05, 0.1) is 5.70 Å². The first-order valence-electron chi connectivity index (χ1n) is 8.96. The largest absolute Gasteiger partial charge is 0.368 e. The number of hydrogen-bond acceptors (Lipinski definition) is 3. The number of fused-ring (bicyclic) bond motifs is 1. The lowest BCUT2D eigenvalue weighted by Crippen LogP contribution is -2.37. The van der Waals surface area contributed by atoms with E-state index in [0.29, 0.717) is 28.8 Å². The Hall–Kier alpha value is -2.68. The van der Waals surface area contributed by atoms with Crippen LogP contribution in [0.5, 0.6) is 0 Å². The summed E-state index contributed by atoms with van der Waals surface area (Å²) in [5.41, 5.74) is 3.43. The van der Waals surface area contributed by atoms with Gasteiger partial charge in [-0.1, -0.05) is 54.6 Å². The SMILES string of the molecule is O=C1C(Cc2ccccc2)=C(N2CCCCC2)C(=O)c2ccccc21. The first kappa shape index (κ1) is 15.8. The van der Waals surface area contributed by atoms with Gasteiger partial charge in [0.15, 0.2) is 5.78 Å². The Balaban J connectivity index is 1.82. The Bertz CT molecular complexity index is 845. The van der Waals surface area contributed by atoms with Crippen LogP contribution >= 0.6 is 0 Å². The van der Waals surface area contributed by atoms with E-state index in [2.05, 4.69) is 4.90 Å². The molecule has 2 aromatic carbocycles. The fourth-order valence-corrected chi connectivity index (χ4v) is 3.83. The van der Waals surface area contributed by atoms with Crippen molar-refractivity contribution in [2.45, 2.75) is 25.7 Å². The minimum atomic E-state index is -0.000346. The molecular weight excluding hydrogens is 310 g/mol. The molecule has 2 aliphatic rings. The maximum atomic E-state index is 13.2. The van der Waals surface area contributed by atoms with E-state index in [1.807, 2.05) is 42.5 Å². The number of likely N-dealkylation sites (tertiary alicyclic amines) is 1. The lowest BCUT2D eigenvalue weighted by Gasteiger charge is -2.34. The number of piperidine rings is 1. The standard InChI is InChI=1S/C22H21NO2/c24-21-17-11-5-6-12-18(17)22(25)20(23-13-7-2-8-14-23)19(21)15-16-9-3-1-4-10-16/h1,3-6,9-12H,2,7-8,13-15H2. The van der Waals surface area contributed by atoms with Gasteiger partial charge in [-0.3, -0.25) is 9.59 Å². The summed E-state index contributed by atoms with van der Waals surface area (Å²) in [6.45, 7) is 1.71. The number of hydrogen-bond donors (Lipinski definition) is 0. The Morgan fingerprint density at radius 1 is 0.720 bits per heavy atom. The van der Waals surface area contributed by atoms with E-state index in [-0.39, 0.29) is 11.6 Å². The molecule has 3 nitrogen and oxygen atoms in total. The predicted octanol–water partition coefficient (Wildman–Crippen LogP) is 4.05. The van der Waals surface area contributed by atoms with Crippen molar-refractivity contribution in [1.29, 1.82) is 0 Å². The van der Waals surface area contributed by atoms with Crippen LogP contribution in [0.4, 0.5) is 0 Å². The van der Waals surface area contributed by atoms with E-state index in [9.17, 15) is 9.59 Å². The van der Waals surface area contributed by atoms with Crippen LogP contribution in [0.1, 0.15) is 45.5 Å². The molecule has 1 aliphatic carbocycles. The van der Waals surface area contributed by atoms with Gasteiger partial charge in [0.2, 0.25) is 5.78 Å². The Morgan fingerprint density at radius 2 is 1.32 bits per heavy atom. The van der Waals surface area contributed by atoms with Crippen LogP contribution in [0, 0.1) is 0 Å². The molecule has 2 aromatic rings. The second-order valence-electron chi connectivity index (χ2n) is 6.74. The van der Waals surface area contributed by atoms with Crippen LogP contribution in [-0.2, 0) is 6.42 Å². The molecule has 1 saturated heterocycles. The Labute approximate surface area is 148 Å². The number of benzene rings is 2. The van der Waals surface area contributed by atoms with Gasteiger partial charge in [-0.2, -0.15) is 0 Å². The van der Waals surface area contributed by atoms with Gasteiger partial charge in [0.25, 0.3) is 0 Å². The van der Waals surface area contributed by atoms with E-state index in [1.165, 1.54) is 6.42 Å². The summed E-state index contributed by atoms with van der Waals surface area (Å²) in [6.07, 6.45) is 3.85. The van der Waals surface area contributed by atoms with Gasteiger partial charge in [0.1, 0.15) is 0 Å². The van der Waals surface area contributed by atoms with E-state index >= 15 is 0 Å². The number of rotatable bonds is 3. The highest BCUT2D eigenvalue weighted by Crippen LogP contribution is 2.31. The molecule has 0 N–H and O–H groups in total. The lowest BCUT2D eigenvalue weighted by atomic mass is 9.83. The quantitative estimate of drug-likeness (QED) is 0.851. The molecule has 0 atom stereocenters. The van der Waals surface area contributed by atoms with Crippen molar-refractivity contribution in [1.82, 2.24) is 4.90 Å². The molecule has 1 fully saturated rings. The van der Waals surface area contributed by atoms with Crippen molar-refractivity contribution in [2.75, 3.05) is 13.1 Å². The van der Waals surface area contributed by atoms with E-state index in [1.54, 1.807) is 12.1 Å². The minimum absolute atomic E-state index is 0.000346. The fourth-order valence-electron chi connectivity index (χ4n) is 3.83. The second kappa shape index (κ2) is 6.67. The number of carbonyl (C=O) groups is 2. The molecule has 0 bridgehead atoms. The van der Waals surface area contributed by atoms with E-state index < -0.39 is 0 Å². The van der Waals surface area contributed by atoms with Crippen molar-refractivity contribution >= 4 is 11.6 Å². The Kier molecular flexibility index (Phi) is 4.22. The van der Waals surface area contributed by atoms with Gasteiger partial charge in [-0.05, 0) is 24.8 Å². The van der Waals surface area contributed by atoms with Gasteiger partial charge in [-0.25, -0.2) is 0 Å². The zero-order chi connectivity index (χ0) is 17.2. The summed E-state index contributed by atoms with van der Waals surface area (Å²) in [4.78, 5) is 28.5. The normalized spacial score (nSPS) is 17.7. The summed E-state index contributed by atoms with van der Waals surface area (Å²) in [5.74, 6) is 0.00246. The molecular formula is C22H21NO2. The molecule has 0 aromatic heterocycles. The summed E-state index contributed by atoms with van der Waals surface area (Å²) >= 11 is 0. The minimum Gasteiger partial charge on any atom is -0.368 e. The zero-order valence-corrected chi connectivity index (χ0v) is 14.2.